The fourth-order valence-electron chi connectivity index (χ4n) is 2.12. The first-order chi connectivity index (χ1) is 9.92. The van der Waals surface area contributed by atoms with Crippen LogP contribution in [0.15, 0.2) is 36.0 Å². The number of allylic oxidation sites excluding steroid dienone is 3. The third kappa shape index (κ3) is 2.16. The van der Waals surface area contributed by atoms with E-state index in [2.05, 4.69) is 6.58 Å². The van der Waals surface area contributed by atoms with E-state index in [9.17, 15) is 24.0 Å². The Balaban J connectivity index is 2.47. The summed E-state index contributed by atoms with van der Waals surface area (Å²) < 4.78 is 0. The number of rotatable bonds is 2. The van der Waals surface area contributed by atoms with Crippen LogP contribution in [0.25, 0.3) is 0 Å². The van der Waals surface area contributed by atoms with Crippen molar-refractivity contribution in [2.24, 2.45) is 0 Å². The Morgan fingerprint density at radius 3 is 2.00 bits per heavy atom. The third-order valence-electron chi connectivity index (χ3n) is 2.99. The molecule has 0 atom stereocenters. The van der Waals surface area contributed by atoms with E-state index < -0.39 is 35.7 Å². The van der Waals surface area contributed by atoms with Gasteiger partial charge in [-0.3, -0.25) is 34.7 Å². The first kappa shape index (κ1) is 14.4. The van der Waals surface area contributed by atoms with E-state index in [0.717, 1.165) is 0 Å². The van der Waals surface area contributed by atoms with Crippen LogP contribution in [0.1, 0.15) is 6.92 Å². The highest BCUT2D eigenvalue weighted by molar-refractivity contribution is 6.30. The maximum Gasteiger partial charge on any atom is 0.328 e. The molecular weight excluding hydrogens is 278 g/mol. The topological polar surface area (TPSA) is 113 Å². The van der Waals surface area contributed by atoms with E-state index in [0.29, 0.717) is 4.90 Å². The zero-order chi connectivity index (χ0) is 15.7. The number of carbonyl (C=O) groups excluding carboxylic acids is 5. The fourth-order valence-corrected chi connectivity index (χ4v) is 2.12. The van der Waals surface area contributed by atoms with Gasteiger partial charge in [-0.15, -0.1) is 0 Å². The van der Waals surface area contributed by atoms with Crippen molar-refractivity contribution in [3.8, 4) is 0 Å². The molecule has 0 spiro atoms. The molecule has 2 fully saturated rings. The lowest BCUT2D eigenvalue weighted by molar-refractivity contribution is -0.151. The second kappa shape index (κ2) is 5.16. The lowest BCUT2D eigenvalue weighted by Gasteiger charge is -2.26. The predicted molar refractivity (Wildman–Crippen MR) is 69.4 cm³/mol. The van der Waals surface area contributed by atoms with Gasteiger partial charge in [0.15, 0.2) is 6.04 Å². The molecule has 2 N–H and O–H groups in total. The maximum atomic E-state index is 12.3. The van der Waals surface area contributed by atoms with Crippen LogP contribution in [0, 0.1) is 0 Å². The Morgan fingerprint density at radius 1 is 1.00 bits per heavy atom. The van der Waals surface area contributed by atoms with Crippen molar-refractivity contribution >= 4 is 29.7 Å². The lowest BCUT2D eigenvalue weighted by Crippen LogP contribution is -2.65. The van der Waals surface area contributed by atoms with E-state index in [1.807, 2.05) is 10.6 Å². The molecule has 0 bridgehead atoms. The summed E-state index contributed by atoms with van der Waals surface area (Å²) in [6.45, 7) is 4.99. The number of hydrogen-bond acceptors (Lipinski definition) is 5. The fraction of sp³-hybridized carbons (Fsp3) is 0.154. The molecule has 6 amide bonds. The summed E-state index contributed by atoms with van der Waals surface area (Å²) in [7, 11) is 0. The monoisotopic (exact) mass is 289 g/mol. The number of likely N-dealkylation sites (tertiary alicyclic amines) is 1. The molecule has 2 rings (SSSR count). The molecule has 8 heteroatoms. The van der Waals surface area contributed by atoms with E-state index in [4.69, 9.17) is 0 Å². The van der Waals surface area contributed by atoms with Gasteiger partial charge in [0.1, 0.15) is 0 Å². The highest BCUT2D eigenvalue weighted by atomic mass is 16.2. The molecule has 8 nitrogen and oxygen atoms in total. The van der Waals surface area contributed by atoms with Crippen molar-refractivity contribution in [1.82, 2.24) is 15.5 Å². The molecule has 2 heterocycles. The summed E-state index contributed by atoms with van der Waals surface area (Å²) in [5.74, 6) is -3.63. The molecule has 0 unspecified atom stereocenters. The average molecular weight is 289 g/mol. The molecule has 2 saturated heterocycles. The lowest BCUT2D eigenvalue weighted by atomic mass is 10.1. The molecule has 0 aromatic rings. The van der Waals surface area contributed by atoms with Crippen molar-refractivity contribution in [3.05, 3.63) is 36.0 Å². The summed E-state index contributed by atoms with van der Waals surface area (Å²) in [5.41, 5.74) is 0.104. The zero-order valence-electron chi connectivity index (χ0n) is 11.0. The van der Waals surface area contributed by atoms with Gasteiger partial charge in [-0.2, -0.15) is 0 Å². The Bertz CT molecular complexity index is 639. The molecule has 0 aromatic heterocycles. The van der Waals surface area contributed by atoms with Crippen LogP contribution in [0.2, 0.25) is 0 Å². The minimum atomic E-state index is -1.71. The first-order valence-corrected chi connectivity index (χ1v) is 5.95. The molecule has 2 aliphatic heterocycles. The summed E-state index contributed by atoms with van der Waals surface area (Å²) >= 11 is 0. The van der Waals surface area contributed by atoms with Gasteiger partial charge >= 0.3 is 6.03 Å². The Hall–Kier alpha value is -3.03. The molecule has 0 saturated carbocycles. The van der Waals surface area contributed by atoms with Gasteiger partial charge in [0.05, 0.1) is 5.57 Å². The van der Waals surface area contributed by atoms with Crippen molar-refractivity contribution < 1.29 is 24.0 Å². The summed E-state index contributed by atoms with van der Waals surface area (Å²) in [6.07, 6.45) is 4.04. The van der Waals surface area contributed by atoms with Crippen molar-refractivity contribution in [1.29, 1.82) is 0 Å². The quantitative estimate of drug-likeness (QED) is 0.390. The van der Waals surface area contributed by atoms with E-state index >= 15 is 0 Å². The van der Waals surface area contributed by atoms with Crippen LogP contribution in [-0.4, -0.2) is 40.6 Å². The van der Waals surface area contributed by atoms with Crippen LogP contribution >= 0.6 is 0 Å². The number of barbiturate groups is 1. The smallest absolute Gasteiger partial charge is 0.275 e. The van der Waals surface area contributed by atoms with Gasteiger partial charge in [0.2, 0.25) is 0 Å². The second-order valence-electron chi connectivity index (χ2n) is 4.21. The highest BCUT2D eigenvalue weighted by Crippen LogP contribution is 2.27. The average Bonchev–Trinajstić information content (AvgIpc) is 2.62. The van der Waals surface area contributed by atoms with E-state index in [1.54, 1.807) is 6.92 Å². The number of imide groups is 3. The van der Waals surface area contributed by atoms with Gasteiger partial charge in [0.25, 0.3) is 23.6 Å². The SMILES string of the molecule is C=C/C=C1/C(=O)N(C2C(=O)NC(=O)NC2=O)C(=O)/C1=C/C. The van der Waals surface area contributed by atoms with Gasteiger partial charge in [-0.1, -0.05) is 18.7 Å². The normalized spacial score (nSPS) is 23.9. The van der Waals surface area contributed by atoms with Crippen molar-refractivity contribution in [2.75, 3.05) is 0 Å². The molecular formula is C13H11N3O5. The van der Waals surface area contributed by atoms with Gasteiger partial charge < -0.3 is 0 Å². The molecule has 0 radical (unpaired) electrons. The molecule has 2 aliphatic rings. The third-order valence-corrected chi connectivity index (χ3v) is 2.99. The number of hydrogen-bond donors (Lipinski definition) is 2. The van der Waals surface area contributed by atoms with Crippen molar-refractivity contribution in [2.45, 2.75) is 13.0 Å². The van der Waals surface area contributed by atoms with Crippen LogP contribution in [0.3, 0.4) is 0 Å². The number of urea groups is 1. The number of nitrogens with zero attached hydrogens (tertiary/aromatic N) is 1. The summed E-state index contributed by atoms with van der Waals surface area (Å²) in [5, 5.41) is 3.68. The van der Waals surface area contributed by atoms with E-state index in [1.165, 1.54) is 18.2 Å². The second-order valence-corrected chi connectivity index (χ2v) is 4.21. The summed E-state index contributed by atoms with van der Waals surface area (Å²) in [6, 6.07) is -2.71. The van der Waals surface area contributed by atoms with E-state index in [-0.39, 0.29) is 11.1 Å². The minimum Gasteiger partial charge on any atom is -0.275 e. The van der Waals surface area contributed by atoms with Crippen LogP contribution < -0.4 is 10.6 Å². The molecule has 0 aromatic carbocycles. The van der Waals surface area contributed by atoms with Crippen LogP contribution in [0.5, 0.6) is 0 Å². The van der Waals surface area contributed by atoms with Crippen LogP contribution in [0.4, 0.5) is 4.79 Å². The Labute approximate surface area is 119 Å². The zero-order valence-corrected chi connectivity index (χ0v) is 11.0. The number of nitrogens with one attached hydrogen (secondary N) is 2. The molecule has 0 aliphatic carbocycles. The minimum absolute atomic E-state index is 0.0370. The number of amides is 6. The Morgan fingerprint density at radius 2 is 1.52 bits per heavy atom. The first-order valence-electron chi connectivity index (χ1n) is 5.95. The van der Waals surface area contributed by atoms with Gasteiger partial charge in [-0.25, -0.2) is 4.79 Å². The molecule has 108 valence electrons. The van der Waals surface area contributed by atoms with Gasteiger partial charge in [-0.05, 0) is 13.0 Å². The van der Waals surface area contributed by atoms with Gasteiger partial charge in [0, 0.05) is 5.57 Å². The van der Waals surface area contributed by atoms with Crippen molar-refractivity contribution in [3.63, 3.8) is 0 Å². The number of carbonyl (C=O) groups is 5. The Kier molecular flexibility index (Phi) is 3.53. The largest absolute Gasteiger partial charge is 0.328 e. The summed E-state index contributed by atoms with van der Waals surface area (Å²) in [4.78, 5) is 59.5. The molecule has 21 heavy (non-hydrogen) atoms. The standard InChI is InChI=1S/C13H11N3O5/c1-3-5-7-6(4-2)11(19)16(12(7)20)8-9(17)14-13(21)15-10(8)18/h3-5,8H,1H2,2H3,(H2,14,15,17,18,21)/b6-4+,7-5+. The highest BCUT2D eigenvalue weighted by Gasteiger charge is 2.49. The predicted octanol–water partition coefficient (Wildman–Crippen LogP) is -0.852. The van der Waals surface area contributed by atoms with Crippen LogP contribution in [-0.2, 0) is 19.2 Å². The maximum absolute atomic E-state index is 12.3.